The van der Waals surface area contributed by atoms with Gasteiger partial charge in [0.05, 0.1) is 12.6 Å². The van der Waals surface area contributed by atoms with Crippen molar-refractivity contribution < 1.29 is 38.9 Å². The van der Waals surface area contributed by atoms with Crippen LogP contribution in [0, 0.1) is 0 Å². The standard InChI is InChI=1S/C10H14N4O7.C2H4O/c1-4(15)8(9(18)19)12-10(20)11-3-6-14-13-5(21-6)2-7(16)17;1-2-3/h4,8,15H,2-3H2,1H3,(H,16,17)(H,18,19)(H2,11,12,20);2H,1H3. The summed E-state index contributed by atoms with van der Waals surface area (Å²) < 4.78 is 4.93. The lowest BCUT2D eigenvalue weighted by molar-refractivity contribution is -0.142. The number of carbonyl (C=O) groups is 4. The van der Waals surface area contributed by atoms with Crippen LogP contribution in [0.2, 0.25) is 0 Å². The third-order valence-electron chi connectivity index (χ3n) is 2.25. The van der Waals surface area contributed by atoms with Gasteiger partial charge >= 0.3 is 18.0 Å². The number of aliphatic hydroxyl groups excluding tert-OH is 1. The fraction of sp³-hybridized carbons (Fsp3) is 0.500. The fourth-order valence-corrected chi connectivity index (χ4v) is 1.30. The van der Waals surface area contributed by atoms with Crippen molar-refractivity contribution in [1.82, 2.24) is 20.8 Å². The molecule has 0 radical (unpaired) electrons. The molecule has 0 aliphatic heterocycles. The molecule has 0 bridgehead atoms. The first kappa shape index (κ1) is 21.0. The molecule has 0 saturated carbocycles. The average molecular weight is 346 g/mol. The number of hydrogen-bond donors (Lipinski definition) is 5. The van der Waals surface area contributed by atoms with Crippen LogP contribution in [-0.2, 0) is 27.3 Å². The van der Waals surface area contributed by atoms with E-state index in [1.807, 2.05) is 5.32 Å². The molecule has 0 aliphatic carbocycles. The fourth-order valence-electron chi connectivity index (χ4n) is 1.30. The maximum absolute atomic E-state index is 11.4. The van der Waals surface area contributed by atoms with Gasteiger partial charge < -0.3 is 35.2 Å². The first-order valence-electron chi connectivity index (χ1n) is 6.59. The van der Waals surface area contributed by atoms with Crippen LogP contribution in [0.15, 0.2) is 4.42 Å². The highest BCUT2D eigenvalue weighted by molar-refractivity contribution is 5.82. The summed E-state index contributed by atoms with van der Waals surface area (Å²) in [5.41, 5.74) is 0. The van der Waals surface area contributed by atoms with E-state index in [1.54, 1.807) is 0 Å². The van der Waals surface area contributed by atoms with Gasteiger partial charge in [0.1, 0.15) is 12.7 Å². The van der Waals surface area contributed by atoms with Crippen molar-refractivity contribution in [2.24, 2.45) is 0 Å². The number of carboxylic acid groups (broad SMARTS) is 2. The summed E-state index contributed by atoms with van der Waals surface area (Å²) in [5, 5.41) is 37.7. The summed E-state index contributed by atoms with van der Waals surface area (Å²) in [5.74, 6) is -2.68. The Bertz CT molecular complexity index is 571. The number of carboxylic acids is 2. The van der Waals surface area contributed by atoms with Crippen LogP contribution in [0.3, 0.4) is 0 Å². The highest BCUT2D eigenvalue weighted by atomic mass is 16.4. The molecule has 1 heterocycles. The molecular weight excluding hydrogens is 328 g/mol. The van der Waals surface area contributed by atoms with Crippen molar-refractivity contribution >= 4 is 24.3 Å². The van der Waals surface area contributed by atoms with E-state index in [0.29, 0.717) is 0 Å². The maximum atomic E-state index is 11.4. The quantitative estimate of drug-likeness (QED) is 0.364. The predicted octanol–water partition coefficient (Wildman–Crippen LogP) is -1.46. The van der Waals surface area contributed by atoms with E-state index >= 15 is 0 Å². The SMILES string of the molecule is CC(O)C(NC(=O)NCc1nnc(CC(=O)O)o1)C(=O)O.CC=O. The Hall–Kier alpha value is -3.02. The zero-order chi connectivity index (χ0) is 18.7. The Morgan fingerprint density at radius 2 is 1.79 bits per heavy atom. The second-order valence-electron chi connectivity index (χ2n) is 4.28. The summed E-state index contributed by atoms with van der Waals surface area (Å²) in [6.45, 7) is 2.44. The van der Waals surface area contributed by atoms with E-state index in [0.717, 1.165) is 6.29 Å². The zero-order valence-corrected chi connectivity index (χ0v) is 12.9. The first-order chi connectivity index (χ1) is 11.2. The highest BCUT2D eigenvalue weighted by Crippen LogP contribution is 2.00. The van der Waals surface area contributed by atoms with Crippen LogP contribution in [0.1, 0.15) is 25.6 Å². The van der Waals surface area contributed by atoms with Gasteiger partial charge in [-0.15, -0.1) is 10.2 Å². The lowest BCUT2D eigenvalue weighted by Gasteiger charge is -2.16. The summed E-state index contributed by atoms with van der Waals surface area (Å²) in [6.07, 6.45) is -0.971. The van der Waals surface area contributed by atoms with Gasteiger partial charge in [0.25, 0.3) is 0 Å². The van der Waals surface area contributed by atoms with E-state index in [2.05, 4.69) is 15.5 Å². The second kappa shape index (κ2) is 10.7. The van der Waals surface area contributed by atoms with E-state index < -0.39 is 36.5 Å². The van der Waals surface area contributed by atoms with Gasteiger partial charge in [-0.1, -0.05) is 0 Å². The molecule has 1 aromatic heterocycles. The molecule has 2 amide bonds. The van der Waals surface area contributed by atoms with E-state index in [-0.39, 0.29) is 18.3 Å². The summed E-state index contributed by atoms with van der Waals surface area (Å²) in [7, 11) is 0. The van der Waals surface area contributed by atoms with Crippen molar-refractivity contribution in [1.29, 1.82) is 0 Å². The Kier molecular flexibility index (Phi) is 9.32. The summed E-state index contributed by atoms with van der Waals surface area (Å²) in [6, 6.07) is -2.32. The summed E-state index contributed by atoms with van der Waals surface area (Å²) in [4.78, 5) is 41.4. The van der Waals surface area contributed by atoms with Crippen LogP contribution in [0.5, 0.6) is 0 Å². The number of nitrogens with zero attached hydrogens (tertiary/aromatic N) is 2. The third-order valence-corrected chi connectivity index (χ3v) is 2.25. The molecule has 0 saturated heterocycles. The molecule has 0 aromatic carbocycles. The number of carbonyl (C=O) groups excluding carboxylic acids is 2. The molecule has 0 spiro atoms. The van der Waals surface area contributed by atoms with Crippen molar-refractivity contribution in [3.05, 3.63) is 11.8 Å². The van der Waals surface area contributed by atoms with Crippen molar-refractivity contribution in [3.8, 4) is 0 Å². The van der Waals surface area contributed by atoms with Crippen molar-refractivity contribution in [2.45, 2.75) is 39.0 Å². The molecule has 5 N–H and O–H groups in total. The minimum absolute atomic E-state index is 0.0367. The number of urea groups is 1. The van der Waals surface area contributed by atoms with Gasteiger partial charge in [-0.3, -0.25) is 4.79 Å². The molecule has 2 unspecified atom stereocenters. The Balaban J connectivity index is 0.00000163. The number of aliphatic carboxylic acids is 2. The molecule has 0 aliphatic rings. The average Bonchev–Trinajstić information content (AvgIpc) is 2.89. The van der Waals surface area contributed by atoms with E-state index in [1.165, 1.54) is 13.8 Å². The van der Waals surface area contributed by atoms with E-state index in [4.69, 9.17) is 19.4 Å². The number of aldehydes is 1. The molecule has 1 aromatic rings. The van der Waals surface area contributed by atoms with Crippen LogP contribution >= 0.6 is 0 Å². The molecule has 2 atom stereocenters. The molecule has 1 rings (SSSR count). The maximum Gasteiger partial charge on any atom is 0.328 e. The van der Waals surface area contributed by atoms with Crippen LogP contribution < -0.4 is 10.6 Å². The topological polar surface area (TPSA) is 192 Å². The lowest BCUT2D eigenvalue weighted by Crippen LogP contribution is -2.51. The van der Waals surface area contributed by atoms with Gasteiger partial charge in [0.2, 0.25) is 11.8 Å². The first-order valence-corrected chi connectivity index (χ1v) is 6.59. The van der Waals surface area contributed by atoms with Crippen LogP contribution in [0.25, 0.3) is 0 Å². The number of aromatic nitrogens is 2. The van der Waals surface area contributed by atoms with Crippen molar-refractivity contribution in [2.75, 3.05) is 0 Å². The minimum Gasteiger partial charge on any atom is -0.481 e. The number of hydrogen-bond acceptors (Lipinski definition) is 8. The van der Waals surface area contributed by atoms with E-state index in [9.17, 15) is 19.5 Å². The number of amides is 2. The molecule has 24 heavy (non-hydrogen) atoms. The Morgan fingerprint density at radius 1 is 1.25 bits per heavy atom. The normalized spacial score (nSPS) is 12.1. The predicted molar refractivity (Wildman–Crippen MR) is 75.9 cm³/mol. The van der Waals surface area contributed by atoms with Crippen LogP contribution in [0.4, 0.5) is 4.79 Å². The van der Waals surface area contributed by atoms with Crippen molar-refractivity contribution in [3.63, 3.8) is 0 Å². The molecular formula is C12H18N4O8. The smallest absolute Gasteiger partial charge is 0.328 e. The number of aliphatic hydroxyl groups is 1. The monoisotopic (exact) mass is 346 g/mol. The molecule has 0 fully saturated rings. The number of rotatable bonds is 7. The molecule has 134 valence electrons. The largest absolute Gasteiger partial charge is 0.481 e. The van der Waals surface area contributed by atoms with Gasteiger partial charge in [-0.25, -0.2) is 9.59 Å². The van der Waals surface area contributed by atoms with Gasteiger partial charge in [0.15, 0.2) is 6.04 Å². The number of nitrogens with one attached hydrogen (secondary N) is 2. The lowest BCUT2D eigenvalue weighted by atomic mass is 10.2. The van der Waals surface area contributed by atoms with Crippen LogP contribution in [-0.4, -0.2) is 61.9 Å². The minimum atomic E-state index is -1.46. The van der Waals surface area contributed by atoms with Gasteiger partial charge in [-0.05, 0) is 13.8 Å². The second-order valence-corrected chi connectivity index (χ2v) is 4.28. The zero-order valence-electron chi connectivity index (χ0n) is 12.9. The van der Waals surface area contributed by atoms with Gasteiger partial charge in [-0.2, -0.15) is 0 Å². The molecule has 12 nitrogen and oxygen atoms in total. The third kappa shape index (κ3) is 8.43. The summed E-state index contributed by atoms with van der Waals surface area (Å²) >= 11 is 0. The highest BCUT2D eigenvalue weighted by Gasteiger charge is 2.25. The van der Waals surface area contributed by atoms with Gasteiger partial charge in [0, 0.05) is 0 Å². The Labute approximate surface area is 135 Å². The molecule has 12 heteroatoms. The Morgan fingerprint density at radius 3 is 2.25 bits per heavy atom.